The number of nitrogens with one attached hydrogen (secondary N) is 1. The van der Waals surface area contributed by atoms with Crippen molar-refractivity contribution in [2.24, 2.45) is 0 Å². The molecule has 0 unspecified atom stereocenters. The smallest absolute Gasteiger partial charge is 0.241 e. The number of benzene rings is 1. The van der Waals surface area contributed by atoms with Crippen LogP contribution in [-0.2, 0) is 16.6 Å². The van der Waals surface area contributed by atoms with E-state index in [0.29, 0.717) is 17.8 Å². The molecule has 0 bridgehead atoms. The van der Waals surface area contributed by atoms with Gasteiger partial charge in [0.05, 0.1) is 4.90 Å². The van der Waals surface area contributed by atoms with Crippen LogP contribution in [0.4, 0.5) is 5.69 Å². The third kappa shape index (κ3) is 3.45. The van der Waals surface area contributed by atoms with Crippen LogP contribution in [0.1, 0.15) is 26.4 Å². The van der Waals surface area contributed by atoms with Crippen LogP contribution in [0.15, 0.2) is 23.1 Å². The van der Waals surface area contributed by atoms with Crippen LogP contribution in [0.5, 0.6) is 0 Å². The van der Waals surface area contributed by atoms with Crippen molar-refractivity contribution in [2.45, 2.75) is 39.1 Å². The molecule has 0 aliphatic carbocycles. The molecule has 2 aromatic rings. The van der Waals surface area contributed by atoms with Crippen LogP contribution in [0.3, 0.4) is 0 Å². The lowest BCUT2D eigenvalue weighted by atomic mass is 10.1. The van der Waals surface area contributed by atoms with E-state index in [2.05, 4.69) is 4.72 Å². The molecule has 2 rings (SSSR count). The first-order valence-electron chi connectivity index (χ1n) is 6.63. The van der Waals surface area contributed by atoms with Crippen molar-refractivity contribution < 1.29 is 8.42 Å². The van der Waals surface area contributed by atoms with E-state index in [1.807, 2.05) is 26.8 Å². The minimum absolute atomic E-state index is 0.255. The maximum absolute atomic E-state index is 12.5. The summed E-state index contributed by atoms with van der Waals surface area (Å²) in [7, 11) is -3.56. The van der Waals surface area contributed by atoms with E-state index in [9.17, 15) is 8.42 Å². The number of rotatable bonds is 4. The van der Waals surface area contributed by atoms with Gasteiger partial charge in [-0.3, -0.25) is 0 Å². The molecule has 0 radical (unpaired) electrons. The van der Waals surface area contributed by atoms with Crippen molar-refractivity contribution in [1.29, 1.82) is 0 Å². The Hall–Kier alpha value is -1.37. The van der Waals surface area contributed by atoms with Gasteiger partial charge in [0.1, 0.15) is 0 Å². The zero-order valence-electron chi connectivity index (χ0n) is 12.6. The quantitative estimate of drug-likeness (QED) is 0.849. The molecule has 0 fully saturated rings. The molecule has 3 N–H and O–H groups in total. The summed E-state index contributed by atoms with van der Waals surface area (Å²) in [5.41, 5.74) is 8.97. The summed E-state index contributed by atoms with van der Waals surface area (Å²) in [5.74, 6) is 0. The number of hydrogen-bond donors (Lipinski definition) is 2. The highest BCUT2D eigenvalue weighted by atomic mass is 32.2. The summed E-state index contributed by atoms with van der Waals surface area (Å²) in [6.45, 7) is 7.91. The minimum Gasteiger partial charge on any atom is -0.398 e. The van der Waals surface area contributed by atoms with Gasteiger partial charge in [-0.25, -0.2) is 13.1 Å². The minimum atomic E-state index is -3.56. The fraction of sp³-hybridized carbons (Fsp3) is 0.333. The summed E-state index contributed by atoms with van der Waals surface area (Å²) in [6.07, 6.45) is 0. The van der Waals surface area contributed by atoms with Gasteiger partial charge in [0, 0.05) is 22.0 Å². The van der Waals surface area contributed by atoms with Gasteiger partial charge in [0.15, 0.2) is 0 Å². The first-order chi connectivity index (χ1) is 9.70. The monoisotopic (exact) mass is 324 g/mol. The van der Waals surface area contributed by atoms with Gasteiger partial charge in [-0.05, 0) is 62.6 Å². The average molecular weight is 324 g/mol. The van der Waals surface area contributed by atoms with Gasteiger partial charge in [0.2, 0.25) is 10.0 Å². The Morgan fingerprint density at radius 1 is 1.14 bits per heavy atom. The number of nitrogens with two attached hydrogens (primary N) is 1. The molecule has 4 nitrogen and oxygen atoms in total. The average Bonchev–Trinajstić information content (AvgIpc) is 2.71. The van der Waals surface area contributed by atoms with Gasteiger partial charge in [-0.1, -0.05) is 0 Å². The second-order valence-electron chi connectivity index (χ2n) is 5.25. The standard InChI is InChI=1S/C15H20N2O2S2/c1-9-5-14(16)11(3)15(6-9)21(18,19)17-8-13-7-10(2)12(4)20-13/h5-7,17H,8,16H2,1-4H3. The van der Waals surface area contributed by atoms with Crippen molar-refractivity contribution in [3.8, 4) is 0 Å². The number of anilines is 1. The number of thiophene rings is 1. The van der Waals surface area contributed by atoms with E-state index in [4.69, 9.17) is 5.73 Å². The zero-order chi connectivity index (χ0) is 15.8. The molecular weight excluding hydrogens is 304 g/mol. The van der Waals surface area contributed by atoms with E-state index in [-0.39, 0.29) is 4.90 Å². The fourth-order valence-electron chi connectivity index (χ4n) is 2.11. The lowest BCUT2D eigenvalue weighted by molar-refractivity contribution is 0.581. The Labute approximate surface area is 130 Å². The predicted octanol–water partition coefficient (Wildman–Crippen LogP) is 3.04. The van der Waals surface area contributed by atoms with Crippen molar-refractivity contribution in [3.05, 3.63) is 44.6 Å². The van der Waals surface area contributed by atoms with Gasteiger partial charge < -0.3 is 5.73 Å². The summed E-state index contributed by atoms with van der Waals surface area (Å²) < 4.78 is 27.6. The fourth-order valence-corrected chi connectivity index (χ4v) is 4.56. The highest BCUT2D eigenvalue weighted by Crippen LogP contribution is 2.24. The Balaban J connectivity index is 2.27. The number of nitrogen functional groups attached to an aromatic ring is 1. The summed E-state index contributed by atoms with van der Waals surface area (Å²) in [5, 5.41) is 0. The van der Waals surface area contributed by atoms with Crippen LogP contribution in [-0.4, -0.2) is 8.42 Å². The summed E-state index contributed by atoms with van der Waals surface area (Å²) in [4.78, 5) is 2.47. The van der Waals surface area contributed by atoms with Crippen LogP contribution in [0, 0.1) is 27.7 Å². The van der Waals surface area contributed by atoms with Crippen LogP contribution in [0.25, 0.3) is 0 Å². The third-order valence-electron chi connectivity index (χ3n) is 3.49. The lowest BCUT2D eigenvalue weighted by Gasteiger charge is -2.11. The SMILES string of the molecule is Cc1cc(N)c(C)c(S(=O)(=O)NCc2cc(C)c(C)s2)c1. The van der Waals surface area contributed by atoms with E-state index < -0.39 is 10.0 Å². The molecule has 0 aliphatic heterocycles. The predicted molar refractivity (Wildman–Crippen MR) is 88.1 cm³/mol. The van der Waals surface area contributed by atoms with Crippen LogP contribution in [0.2, 0.25) is 0 Å². The molecule has 0 aliphatic rings. The first-order valence-corrected chi connectivity index (χ1v) is 8.93. The molecule has 1 aromatic carbocycles. The topological polar surface area (TPSA) is 72.2 Å². The number of hydrogen-bond acceptors (Lipinski definition) is 4. The zero-order valence-corrected chi connectivity index (χ0v) is 14.3. The van der Waals surface area contributed by atoms with Gasteiger partial charge in [0.25, 0.3) is 0 Å². The normalized spacial score (nSPS) is 11.8. The molecule has 1 heterocycles. The van der Waals surface area contributed by atoms with Crippen molar-refractivity contribution in [2.75, 3.05) is 5.73 Å². The van der Waals surface area contributed by atoms with Gasteiger partial charge >= 0.3 is 0 Å². The van der Waals surface area contributed by atoms with Gasteiger partial charge in [-0.2, -0.15) is 0 Å². The molecule has 0 atom stereocenters. The molecule has 0 saturated heterocycles. The second-order valence-corrected chi connectivity index (χ2v) is 8.33. The van der Waals surface area contributed by atoms with E-state index in [1.165, 1.54) is 10.4 Å². The van der Waals surface area contributed by atoms with E-state index in [1.54, 1.807) is 30.4 Å². The molecule has 1 aromatic heterocycles. The molecular formula is C15H20N2O2S2. The summed E-state index contributed by atoms with van der Waals surface area (Å²) >= 11 is 1.61. The van der Waals surface area contributed by atoms with Crippen molar-refractivity contribution >= 4 is 27.0 Å². The van der Waals surface area contributed by atoms with E-state index in [0.717, 1.165) is 10.4 Å². The number of sulfonamides is 1. The molecule has 21 heavy (non-hydrogen) atoms. The number of aryl methyl sites for hydroxylation is 3. The Kier molecular flexibility index (Phi) is 4.41. The maximum Gasteiger partial charge on any atom is 0.241 e. The molecule has 6 heteroatoms. The largest absolute Gasteiger partial charge is 0.398 e. The molecule has 114 valence electrons. The summed E-state index contributed by atoms with van der Waals surface area (Å²) in [6, 6.07) is 5.44. The second kappa shape index (κ2) is 5.79. The van der Waals surface area contributed by atoms with Crippen LogP contribution >= 0.6 is 11.3 Å². The van der Waals surface area contributed by atoms with Crippen LogP contribution < -0.4 is 10.5 Å². The Morgan fingerprint density at radius 2 is 1.81 bits per heavy atom. The van der Waals surface area contributed by atoms with Gasteiger partial charge in [-0.15, -0.1) is 11.3 Å². The highest BCUT2D eigenvalue weighted by Gasteiger charge is 2.19. The third-order valence-corrected chi connectivity index (χ3v) is 6.17. The molecule has 0 spiro atoms. The van der Waals surface area contributed by atoms with E-state index >= 15 is 0 Å². The molecule has 0 saturated carbocycles. The van der Waals surface area contributed by atoms with Crippen molar-refractivity contribution in [3.63, 3.8) is 0 Å². The highest BCUT2D eigenvalue weighted by molar-refractivity contribution is 7.89. The van der Waals surface area contributed by atoms with Crippen molar-refractivity contribution in [1.82, 2.24) is 4.72 Å². The Morgan fingerprint density at radius 3 is 2.38 bits per heavy atom. The first kappa shape index (κ1) is 16.0. The lowest BCUT2D eigenvalue weighted by Crippen LogP contribution is -2.24. The maximum atomic E-state index is 12.5. The Bertz CT molecular complexity index is 758. The molecule has 0 amide bonds.